The third-order valence-electron chi connectivity index (χ3n) is 3.77. The van der Waals surface area contributed by atoms with E-state index in [1.165, 1.54) is 0 Å². The van der Waals surface area contributed by atoms with Crippen LogP contribution in [0, 0.1) is 0 Å². The quantitative estimate of drug-likeness (QED) is 0.943. The molecule has 5 nitrogen and oxygen atoms in total. The van der Waals surface area contributed by atoms with E-state index in [-0.39, 0.29) is 18.6 Å². The van der Waals surface area contributed by atoms with Crippen molar-refractivity contribution in [2.24, 2.45) is 0 Å². The van der Waals surface area contributed by atoms with Crippen molar-refractivity contribution >= 4 is 5.91 Å². The Hall–Kier alpha value is -2.69. The summed E-state index contributed by atoms with van der Waals surface area (Å²) in [5.74, 6) is 1.78. The predicted octanol–water partition coefficient (Wildman–Crippen LogP) is 2.71. The Bertz CT molecular complexity index is 701. The molecule has 3 rings (SSSR count). The van der Waals surface area contributed by atoms with Crippen LogP contribution in [-0.2, 0) is 4.79 Å². The molecule has 1 aliphatic rings. The lowest BCUT2D eigenvalue weighted by molar-refractivity contribution is -0.131. The second-order valence-electron chi connectivity index (χ2n) is 5.34. The van der Waals surface area contributed by atoms with E-state index < -0.39 is 6.10 Å². The van der Waals surface area contributed by atoms with Gasteiger partial charge in [0, 0.05) is 5.56 Å². The summed E-state index contributed by atoms with van der Waals surface area (Å²) in [6.07, 6.45) is -0.665. The first-order chi connectivity index (χ1) is 11.2. The number of carbonyl (C=O) groups excluding carboxylic acids is 1. The van der Waals surface area contributed by atoms with Gasteiger partial charge in [0.2, 0.25) is 6.10 Å². The van der Waals surface area contributed by atoms with E-state index in [4.69, 9.17) is 14.2 Å². The van der Waals surface area contributed by atoms with Gasteiger partial charge in [-0.15, -0.1) is 0 Å². The lowest BCUT2D eigenvalue weighted by Gasteiger charge is -2.27. The van der Waals surface area contributed by atoms with Crippen LogP contribution in [0.15, 0.2) is 48.5 Å². The van der Waals surface area contributed by atoms with Gasteiger partial charge >= 0.3 is 0 Å². The van der Waals surface area contributed by atoms with Crippen molar-refractivity contribution in [3.8, 4) is 17.2 Å². The zero-order chi connectivity index (χ0) is 16.2. The van der Waals surface area contributed by atoms with E-state index in [1.807, 2.05) is 49.4 Å². The smallest absolute Gasteiger partial charge is 0.265 e. The predicted molar refractivity (Wildman–Crippen MR) is 85.9 cm³/mol. The molecule has 0 fully saturated rings. The highest BCUT2D eigenvalue weighted by Gasteiger charge is 2.28. The Balaban J connectivity index is 1.68. The van der Waals surface area contributed by atoms with Gasteiger partial charge in [0.1, 0.15) is 12.4 Å². The first-order valence-electron chi connectivity index (χ1n) is 7.51. The normalized spacial score (nSPS) is 17.2. The highest BCUT2D eigenvalue weighted by molar-refractivity contribution is 5.82. The number of para-hydroxylation sites is 3. The van der Waals surface area contributed by atoms with Gasteiger partial charge in [0.15, 0.2) is 11.5 Å². The maximum atomic E-state index is 12.4. The van der Waals surface area contributed by atoms with Crippen LogP contribution in [0.3, 0.4) is 0 Å². The Morgan fingerprint density at radius 2 is 1.87 bits per heavy atom. The Labute approximate surface area is 135 Å². The van der Waals surface area contributed by atoms with E-state index in [9.17, 15) is 4.79 Å². The summed E-state index contributed by atoms with van der Waals surface area (Å²) < 4.78 is 16.6. The molecule has 2 aromatic rings. The molecule has 1 N–H and O–H groups in total. The van der Waals surface area contributed by atoms with Gasteiger partial charge in [-0.1, -0.05) is 30.3 Å². The van der Waals surface area contributed by atoms with Crippen molar-refractivity contribution in [1.29, 1.82) is 0 Å². The molecule has 23 heavy (non-hydrogen) atoms. The average Bonchev–Trinajstić information content (AvgIpc) is 2.61. The molecule has 0 aliphatic carbocycles. The maximum Gasteiger partial charge on any atom is 0.265 e. The van der Waals surface area contributed by atoms with Crippen molar-refractivity contribution in [2.75, 3.05) is 13.7 Å². The third-order valence-corrected chi connectivity index (χ3v) is 3.77. The van der Waals surface area contributed by atoms with Gasteiger partial charge in [-0.05, 0) is 25.1 Å². The molecular formula is C18H19NO4. The molecular weight excluding hydrogens is 294 g/mol. The van der Waals surface area contributed by atoms with E-state index in [1.54, 1.807) is 13.2 Å². The average molecular weight is 313 g/mol. The van der Waals surface area contributed by atoms with Gasteiger partial charge in [-0.3, -0.25) is 4.79 Å². The van der Waals surface area contributed by atoms with E-state index in [0.717, 1.165) is 11.3 Å². The fourth-order valence-electron chi connectivity index (χ4n) is 2.56. The number of benzene rings is 2. The van der Waals surface area contributed by atoms with Crippen molar-refractivity contribution in [3.05, 3.63) is 54.1 Å². The van der Waals surface area contributed by atoms with Gasteiger partial charge in [-0.2, -0.15) is 0 Å². The number of amides is 1. The van der Waals surface area contributed by atoms with Gasteiger partial charge < -0.3 is 19.5 Å². The molecule has 0 spiro atoms. The number of rotatable bonds is 4. The zero-order valence-corrected chi connectivity index (χ0v) is 13.1. The SMILES string of the molecule is COc1ccccc1[C@@H](C)NC(=O)[C@H]1COc2ccccc2O1. The fourth-order valence-corrected chi connectivity index (χ4v) is 2.56. The summed E-state index contributed by atoms with van der Waals surface area (Å²) in [6, 6.07) is 14.7. The molecule has 0 radical (unpaired) electrons. The van der Waals surface area contributed by atoms with Crippen molar-refractivity contribution in [3.63, 3.8) is 0 Å². The van der Waals surface area contributed by atoms with Gasteiger partial charge in [0.25, 0.3) is 5.91 Å². The molecule has 5 heteroatoms. The third kappa shape index (κ3) is 3.23. The number of methoxy groups -OCH3 is 1. The Morgan fingerprint density at radius 1 is 1.17 bits per heavy atom. The fraction of sp³-hybridized carbons (Fsp3) is 0.278. The minimum atomic E-state index is -0.665. The molecule has 2 atom stereocenters. The molecule has 0 bridgehead atoms. The molecule has 2 aromatic carbocycles. The van der Waals surface area contributed by atoms with Crippen LogP contribution in [0.4, 0.5) is 0 Å². The molecule has 1 amide bonds. The number of carbonyl (C=O) groups is 1. The van der Waals surface area contributed by atoms with Crippen LogP contribution < -0.4 is 19.5 Å². The number of hydrogen-bond acceptors (Lipinski definition) is 4. The van der Waals surface area contributed by atoms with Crippen molar-refractivity contribution in [1.82, 2.24) is 5.32 Å². The lowest BCUT2D eigenvalue weighted by atomic mass is 10.1. The van der Waals surface area contributed by atoms with E-state index in [0.29, 0.717) is 11.5 Å². The highest BCUT2D eigenvalue weighted by atomic mass is 16.6. The number of fused-ring (bicyclic) bond motifs is 1. The summed E-state index contributed by atoms with van der Waals surface area (Å²) in [6.45, 7) is 2.11. The molecule has 1 heterocycles. The number of ether oxygens (including phenoxy) is 3. The Morgan fingerprint density at radius 3 is 2.65 bits per heavy atom. The summed E-state index contributed by atoms with van der Waals surface area (Å²) in [5.41, 5.74) is 0.917. The van der Waals surface area contributed by atoms with Gasteiger partial charge in [-0.25, -0.2) is 0 Å². The Kier molecular flexibility index (Phi) is 4.37. The summed E-state index contributed by atoms with van der Waals surface area (Å²) in [7, 11) is 1.61. The molecule has 0 aromatic heterocycles. The van der Waals surface area contributed by atoms with Crippen molar-refractivity contribution < 1.29 is 19.0 Å². The molecule has 0 saturated heterocycles. The van der Waals surface area contributed by atoms with Crippen molar-refractivity contribution in [2.45, 2.75) is 19.1 Å². The zero-order valence-electron chi connectivity index (χ0n) is 13.1. The summed E-state index contributed by atoms with van der Waals surface area (Å²) in [5, 5.41) is 2.95. The van der Waals surface area contributed by atoms with E-state index >= 15 is 0 Å². The second kappa shape index (κ2) is 6.60. The van der Waals surface area contributed by atoms with Crippen LogP contribution in [0.25, 0.3) is 0 Å². The standard InChI is InChI=1S/C18H19NO4/c1-12(13-7-3-4-8-14(13)21-2)19-18(20)17-11-22-15-9-5-6-10-16(15)23-17/h3-10,12,17H,11H2,1-2H3,(H,19,20)/t12-,17-/m1/s1. The van der Waals surface area contributed by atoms with Crippen LogP contribution >= 0.6 is 0 Å². The number of nitrogens with one attached hydrogen (secondary N) is 1. The first kappa shape index (κ1) is 15.2. The molecule has 120 valence electrons. The van der Waals surface area contributed by atoms with Crippen LogP contribution in [-0.4, -0.2) is 25.7 Å². The monoisotopic (exact) mass is 313 g/mol. The minimum Gasteiger partial charge on any atom is -0.496 e. The summed E-state index contributed by atoms with van der Waals surface area (Å²) >= 11 is 0. The highest BCUT2D eigenvalue weighted by Crippen LogP contribution is 2.31. The molecule has 1 aliphatic heterocycles. The summed E-state index contributed by atoms with van der Waals surface area (Å²) in [4.78, 5) is 12.4. The largest absolute Gasteiger partial charge is 0.496 e. The first-order valence-corrected chi connectivity index (χ1v) is 7.51. The van der Waals surface area contributed by atoms with Crippen LogP contribution in [0.2, 0.25) is 0 Å². The maximum absolute atomic E-state index is 12.4. The minimum absolute atomic E-state index is 0.195. The molecule has 0 unspecified atom stereocenters. The molecule has 0 saturated carbocycles. The van der Waals surface area contributed by atoms with Crippen LogP contribution in [0.5, 0.6) is 17.2 Å². The van der Waals surface area contributed by atoms with E-state index in [2.05, 4.69) is 5.32 Å². The topological polar surface area (TPSA) is 56.8 Å². The van der Waals surface area contributed by atoms with Crippen LogP contribution in [0.1, 0.15) is 18.5 Å². The number of hydrogen-bond donors (Lipinski definition) is 1. The second-order valence-corrected chi connectivity index (χ2v) is 5.34. The lowest BCUT2D eigenvalue weighted by Crippen LogP contribution is -2.44. The van der Waals surface area contributed by atoms with Gasteiger partial charge in [0.05, 0.1) is 13.2 Å².